The molecule has 0 aliphatic carbocycles. The van der Waals surface area contributed by atoms with Crippen molar-refractivity contribution in [2.24, 2.45) is 0 Å². The molecular weight excluding hydrogens is 579 g/mol. The summed E-state index contributed by atoms with van der Waals surface area (Å²) in [7, 11) is 0. The molecule has 3 heterocycles. The molecule has 0 saturated heterocycles. The van der Waals surface area contributed by atoms with Gasteiger partial charge in [0.05, 0.1) is 21.1 Å². The average molecular weight is 604 g/mol. The van der Waals surface area contributed by atoms with E-state index in [4.69, 9.17) is 23.2 Å². The minimum Gasteiger partial charge on any atom is -0.507 e. The quantitative estimate of drug-likeness (QED) is 0.210. The lowest BCUT2D eigenvalue weighted by Gasteiger charge is -2.18. The third-order valence-corrected chi connectivity index (χ3v) is 9.99. The van der Waals surface area contributed by atoms with Crippen molar-refractivity contribution in [2.45, 2.75) is 11.8 Å². The lowest BCUT2D eigenvalue weighted by atomic mass is 9.95. The summed E-state index contributed by atoms with van der Waals surface area (Å²) in [6.45, 7) is 0.769. The molecule has 4 aromatic carbocycles. The largest absolute Gasteiger partial charge is 0.507 e. The number of carbonyl (C=O) groups is 2. The zero-order valence-electron chi connectivity index (χ0n) is 21.7. The number of halogens is 2. The summed E-state index contributed by atoms with van der Waals surface area (Å²) in [4.78, 5) is 31.7. The predicted octanol–water partition coefficient (Wildman–Crippen LogP) is 7.43. The van der Waals surface area contributed by atoms with Crippen LogP contribution in [0.5, 0.6) is 11.5 Å². The van der Waals surface area contributed by atoms with Crippen LogP contribution in [0, 0.1) is 0 Å². The number of hydrogen-bond acceptors (Lipinski definition) is 5. The highest BCUT2D eigenvalue weighted by Gasteiger charge is 2.37. The molecule has 0 saturated carbocycles. The van der Waals surface area contributed by atoms with Crippen LogP contribution in [0.4, 0.5) is 11.4 Å². The Hall–Kier alpha value is -3.78. The lowest BCUT2D eigenvalue weighted by molar-refractivity contribution is 0.0986. The van der Waals surface area contributed by atoms with Gasteiger partial charge in [-0.15, -0.1) is 34.5 Å². The lowest BCUT2D eigenvalue weighted by Crippen LogP contribution is -2.30. The van der Waals surface area contributed by atoms with Crippen molar-refractivity contribution in [1.82, 2.24) is 0 Å². The van der Waals surface area contributed by atoms with Gasteiger partial charge in [-0.2, -0.15) is 0 Å². The summed E-state index contributed by atoms with van der Waals surface area (Å²) in [6.07, 6.45) is 0. The van der Waals surface area contributed by atoms with Gasteiger partial charge in [0, 0.05) is 59.6 Å². The second kappa shape index (κ2) is 9.94. The Balaban J connectivity index is 1.23. The van der Waals surface area contributed by atoms with E-state index in [9.17, 15) is 19.8 Å². The van der Waals surface area contributed by atoms with Crippen molar-refractivity contribution in [3.05, 3.63) is 93.7 Å². The number of fused-ring (bicyclic) bond motifs is 6. The van der Waals surface area contributed by atoms with E-state index in [1.54, 1.807) is 34.1 Å². The van der Waals surface area contributed by atoms with E-state index in [0.717, 1.165) is 44.0 Å². The van der Waals surface area contributed by atoms with Crippen LogP contribution in [0.15, 0.2) is 72.8 Å². The Labute approximate surface area is 249 Å². The Bertz CT molecular complexity index is 1750. The van der Waals surface area contributed by atoms with Crippen molar-refractivity contribution >= 4 is 79.3 Å². The number of phenols is 2. The fourth-order valence-electron chi connectivity index (χ4n) is 6.32. The highest BCUT2D eigenvalue weighted by Crippen LogP contribution is 2.47. The first-order valence-corrected chi connectivity index (χ1v) is 15.1. The Morgan fingerprint density at radius 1 is 0.683 bits per heavy atom. The summed E-state index contributed by atoms with van der Waals surface area (Å²) < 4.78 is 0. The average Bonchev–Trinajstić information content (AvgIpc) is 3.73. The first kappa shape index (κ1) is 26.1. The van der Waals surface area contributed by atoms with E-state index >= 15 is 0 Å². The smallest absolute Gasteiger partial charge is 0.268 e. The molecule has 0 unspecified atom stereocenters. The molecule has 206 valence electrons. The standard InChI is InChI=1S/C32H24Cl2N2O4S/c33-13-17-15-35(23-11-25(37)19-5-1-3-7-21(19)29(17)23)31(39)27-9-10-28(41-27)32(40)36-16-18(14-34)30-22-8-4-2-6-20(22)26(38)12-24(30)36/h1-12,17-18,37-38H,13-16H2/t17-,18-/m1/s1. The van der Waals surface area contributed by atoms with Crippen LogP contribution in [0.25, 0.3) is 21.5 Å². The maximum absolute atomic E-state index is 13.8. The van der Waals surface area contributed by atoms with Crippen molar-refractivity contribution in [2.75, 3.05) is 34.6 Å². The molecule has 0 fully saturated rings. The van der Waals surface area contributed by atoms with E-state index in [1.165, 1.54) is 0 Å². The molecule has 7 rings (SSSR count). The summed E-state index contributed by atoms with van der Waals surface area (Å²) in [5, 5.41) is 24.6. The third kappa shape index (κ3) is 3.98. The Kier molecular flexibility index (Phi) is 6.34. The van der Waals surface area contributed by atoms with Crippen LogP contribution >= 0.6 is 34.5 Å². The van der Waals surface area contributed by atoms with Crippen molar-refractivity contribution < 1.29 is 19.8 Å². The number of alkyl halides is 2. The molecule has 0 radical (unpaired) electrons. The number of aromatic hydroxyl groups is 2. The minimum atomic E-state index is -0.248. The molecule has 0 bridgehead atoms. The number of benzene rings is 4. The number of thiophene rings is 1. The van der Waals surface area contributed by atoms with Gasteiger partial charge in [-0.25, -0.2) is 0 Å². The number of anilines is 2. The van der Waals surface area contributed by atoms with Crippen LogP contribution in [0.1, 0.15) is 42.3 Å². The van der Waals surface area contributed by atoms with Gasteiger partial charge in [0.25, 0.3) is 11.8 Å². The molecule has 41 heavy (non-hydrogen) atoms. The summed E-state index contributed by atoms with van der Waals surface area (Å²) in [5.74, 6) is 0.202. The molecule has 1 aromatic heterocycles. The summed E-state index contributed by atoms with van der Waals surface area (Å²) in [6, 6.07) is 21.7. The van der Waals surface area contributed by atoms with E-state index in [2.05, 4.69) is 0 Å². The molecule has 5 aromatic rings. The summed E-state index contributed by atoms with van der Waals surface area (Å²) >= 11 is 13.8. The summed E-state index contributed by atoms with van der Waals surface area (Å²) in [5.41, 5.74) is 3.17. The molecule has 9 heteroatoms. The number of carbonyl (C=O) groups excluding carboxylic acids is 2. The minimum absolute atomic E-state index is 0.0849. The normalized spacial score (nSPS) is 17.8. The van der Waals surface area contributed by atoms with Gasteiger partial charge in [0.1, 0.15) is 11.5 Å². The van der Waals surface area contributed by atoms with Gasteiger partial charge in [0.15, 0.2) is 0 Å². The molecule has 2 N–H and O–H groups in total. The van der Waals surface area contributed by atoms with Gasteiger partial charge < -0.3 is 20.0 Å². The van der Waals surface area contributed by atoms with Crippen LogP contribution in [-0.2, 0) is 0 Å². The van der Waals surface area contributed by atoms with Gasteiger partial charge >= 0.3 is 0 Å². The van der Waals surface area contributed by atoms with Crippen LogP contribution in [0.3, 0.4) is 0 Å². The molecule has 6 nitrogen and oxygen atoms in total. The zero-order valence-corrected chi connectivity index (χ0v) is 24.0. The number of rotatable bonds is 4. The topological polar surface area (TPSA) is 81.1 Å². The third-order valence-electron chi connectivity index (χ3n) is 8.18. The van der Waals surface area contributed by atoms with Gasteiger partial charge in [0.2, 0.25) is 0 Å². The second-order valence-electron chi connectivity index (χ2n) is 10.4. The molecule has 2 aliphatic rings. The number of phenolic OH excluding ortho intramolecular Hbond substituents is 2. The second-order valence-corrected chi connectivity index (χ2v) is 12.1. The van der Waals surface area contributed by atoms with E-state index in [-0.39, 0.29) is 35.1 Å². The molecule has 0 spiro atoms. The number of amides is 2. The highest BCUT2D eigenvalue weighted by atomic mass is 35.5. The van der Waals surface area contributed by atoms with E-state index < -0.39 is 0 Å². The highest BCUT2D eigenvalue weighted by molar-refractivity contribution is 7.16. The van der Waals surface area contributed by atoms with E-state index in [1.807, 2.05) is 48.5 Å². The Morgan fingerprint density at radius 3 is 1.46 bits per heavy atom. The zero-order chi connectivity index (χ0) is 28.4. The van der Waals surface area contributed by atoms with Crippen molar-refractivity contribution in [3.8, 4) is 11.5 Å². The van der Waals surface area contributed by atoms with Crippen molar-refractivity contribution in [3.63, 3.8) is 0 Å². The van der Waals surface area contributed by atoms with Crippen LogP contribution < -0.4 is 9.80 Å². The predicted molar refractivity (Wildman–Crippen MR) is 166 cm³/mol. The maximum Gasteiger partial charge on any atom is 0.268 e. The number of hydrogen-bond donors (Lipinski definition) is 2. The fraction of sp³-hybridized carbons (Fsp3) is 0.188. The first-order valence-electron chi connectivity index (χ1n) is 13.3. The van der Waals surface area contributed by atoms with E-state index in [0.29, 0.717) is 46.0 Å². The van der Waals surface area contributed by atoms with Gasteiger partial charge in [-0.05, 0) is 34.0 Å². The van der Waals surface area contributed by atoms with Gasteiger partial charge in [-0.3, -0.25) is 9.59 Å². The van der Waals surface area contributed by atoms with Crippen LogP contribution in [-0.4, -0.2) is 46.9 Å². The first-order chi connectivity index (χ1) is 19.9. The Morgan fingerprint density at radius 2 is 1.07 bits per heavy atom. The monoisotopic (exact) mass is 602 g/mol. The number of nitrogens with zero attached hydrogens (tertiary/aromatic N) is 2. The van der Waals surface area contributed by atoms with Gasteiger partial charge in [-0.1, -0.05) is 48.5 Å². The van der Waals surface area contributed by atoms with Crippen LogP contribution in [0.2, 0.25) is 0 Å². The maximum atomic E-state index is 13.8. The molecule has 2 amide bonds. The fourth-order valence-corrected chi connectivity index (χ4v) is 7.73. The SMILES string of the molecule is O=C(c1ccc(C(=O)N2C[C@@H](CCl)c3c2cc(O)c2ccccc32)s1)N1C[C@@H](CCl)c2c1cc(O)c1ccccc21. The molecule has 2 atom stereocenters. The molecule has 2 aliphatic heterocycles. The van der Waals surface area contributed by atoms with Crippen molar-refractivity contribution in [1.29, 1.82) is 0 Å². The molecular formula is C32H24Cl2N2O4S.